The molecule has 22 heavy (non-hydrogen) atoms. The summed E-state index contributed by atoms with van der Waals surface area (Å²) in [6.07, 6.45) is 3.02. The summed E-state index contributed by atoms with van der Waals surface area (Å²) >= 11 is 0. The second kappa shape index (κ2) is 7.15. The van der Waals surface area contributed by atoms with Gasteiger partial charge < -0.3 is 24.8 Å². The van der Waals surface area contributed by atoms with E-state index in [0.717, 1.165) is 19.3 Å². The number of alkyl carbamates (subject to hydrolysis) is 1. The van der Waals surface area contributed by atoms with E-state index in [9.17, 15) is 4.79 Å². The van der Waals surface area contributed by atoms with Crippen LogP contribution < -0.4 is 10.6 Å². The van der Waals surface area contributed by atoms with Gasteiger partial charge in [-0.15, -0.1) is 0 Å². The molecule has 3 atom stereocenters. The Morgan fingerprint density at radius 1 is 1.23 bits per heavy atom. The molecule has 2 rings (SSSR count). The summed E-state index contributed by atoms with van der Waals surface area (Å²) in [6.45, 7) is 8.28. The number of carbonyl (C=O) groups excluding carboxylic acids is 1. The maximum absolute atomic E-state index is 11.9. The van der Waals surface area contributed by atoms with E-state index < -0.39 is 5.60 Å². The molecule has 0 radical (unpaired) electrons. The molecule has 2 N–H and O–H groups in total. The molecular weight excluding hydrogens is 284 g/mol. The topological polar surface area (TPSA) is 68.8 Å². The fraction of sp³-hybridized carbons (Fsp3) is 0.938. The number of carbonyl (C=O) groups is 1. The highest BCUT2D eigenvalue weighted by Gasteiger charge is 2.45. The molecule has 6 nitrogen and oxygen atoms in total. The Bertz CT molecular complexity index is 377. The molecule has 2 fully saturated rings. The first-order valence-corrected chi connectivity index (χ1v) is 8.22. The Labute approximate surface area is 133 Å². The van der Waals surface area contributed by atoms with Gasteiger partial charge in [0.1, 0.15) is 5.60 Å². The lowest BCUT2D eigenvalue weighted by Gasteiger charge is -2.48. The van der Waals surface area contributed by atoms with Crippen molar-refractivity contribution in [1.82, 2.24) is 10.6 Å². The van der Waals surface area contributed by atoms with Gasteiger partial charge >= 0.3 is 6.09 Å². The van der Waals surface area contributed by atoms with Crippen LogP contribution in [-0.2, 0) is 14.2 Å². The molecular formula is C16H30N2O4. The molecule has 0 saturated heterocycles. The lowest BCUT2D eigenvalue weighted by molar-refractivity contribution is -0.0606. The number of ether oxygens (including phenoxy) is 3. The minimum absolute atomic E-state index is 0.0630. The lowest BCUT2D eigenvalue weighted by Crippen LogP contribution is -2.69. The van der Waals surface area contributed by atoms with Gasteiger partial charge in [0.05, 0.1) is 24.3 Å². The van der Waals surface area contributed by atoms with Crippen LogP contribution in [0.15, 0.2) is 0 Å². The van der Waals surface area contributed by atoms with E-state index in [1.54, 1.807) is 7.11 Å². The highest BCUT2D eigenvalue weighted by atomic mass is 16.6. The van der Waals surface area contributed by atoms with Crippen LogP contribution in [0.4, 0.5) is 4.79 Å². The average molecular weight is 314 g/mol. The Kier molecular flexibility index (Phi) is 5.69. The van der Waals surface area contributed by atoms with Gasteiger partial charge in [-0.25, -0.2) is 4.79 Å². The lowest BCUT2D eigenvalue weighted by atomic mass is 9.79. The van der Waals surface area contributed by atoms with Crippen LogP contribution in [0.1, 0.15) is 47.0 Å². The quantitative estimate of drug-likeness (QED) is 0.783. The predicted octanol–water partition coefficient (Wildman–Crippen LogP) is 1.82. The average Bonchev–Trinajstić information content (AvgIpc) is 2.33. The summed E-state index contributed by atoms with van der Waals surface area (Å²) in [5, 5.41) is 6.55. The fourth-order valence-electron chi connectivity index (χ4n) is 2.99. The van der Waals surface area contributed by atoms with Crippen LogP contribution in [0.2, 0.25) is 0 Å². The maximum Gasteiger partial charge on any atom is 0.407 e. The molecule has 1 amide bonds. The van der Waals surface area contributed by atoms with Crippen LogP contribution in [-0.4, -0.2) is 55.7 Å². The van der Waals surface area contributed by atoms with Gasteiger partial charge in [0, 0.05) is 19.8 Å². The van der Waals surface area contributed by atoms with Crippen LogP contribution in [0, 0.1) is 0 Å². The van der Waals surface area contributed by atoms with Crippen LogP contribution in [0.5, 0.6) is 0 Å². The van der Waals surface area contributed by atoms with Gasteiger partial charge in [0.25, 0.3) is 0 Å². The summed E-state index contributed by atoms with van der Waals surface area (Å²) in [5.41, 5.74) is -0.476. The Morgan fingerprint density at radius 3 is 2.45 bits per heavy atom. The molecule has 0 aromatic carbocycles. The first-order valence-electron chi connectivity index (χ1n) is 8.22. The molecule has 0 aromatic heterocycles. The summed E-state index contributed by atoms with van der Waals surface area (Å²) in [6, 6.07) is 0.657. The zero-order chi connectivity index (χ0) is 16.3. The molecule has 0 bridgehead atoms. The van der Waals surface area contributed by atoms with Crippen molar-refractivity contribution in [3.63, 3.8) is 0 Å². The van der Waals surface area contributed by atoms with E-state index in [1.165, 1.54) is 0 Å². The van der Waals surface area contributed by atoms with E-state index in [4.69, 9.17) is 14.2 Å². The van der Waals surface area contributed by atoms with Crippen molar-refractivity contribution in [3.8, 4) is 0 Å². The number of hydrogen-bond acceptors (Lipinski definition) is 5. The minimum Gasteiger partial charge on any atom is -0.444 e. The molecule has 2 aliphatic rings. The van der Waals surface area contributed by atoms with Crippen LogP contribution in [0.25, 0.3) is 0 Å². The van der Waals surface area contributed by atoms with Crippen molar-refractivity contribution >= 4 is 6.09 Å². The molecule has 2 aliphatic carbocycles. The van der Waals surface area contributed by atoms with Gasteiger partial charge in [-0.05, 0) is 47.0 Å². The highest BCUT2D eigenvalue weighted by molar-refractivity contribution is 5.68. The van der Waals surface area contributed by atoms with E-state index >= 15 is 0 Å². The van der Waals surface area contributed by atoms with Gasteiger partial charge in [0.15, 0.2) is 0 Å². The van der Waals surface area contributed by atoms with E-state index in [1.807, 2.05) is 27.7 Å². The molecule has 2 saturated carbocycles. The number of amides is 1. The molecule has 0 spiro atoms. The normalized spacial score (nSPS) is 34.5. The predicted molar refractivity (Wildman–Crippen MR) is 83.9 cm³/mol. The first kappa shape index (κ1) is 17.5. The maximum atomic E-state index is 11.9. The van der Waals surface area contributed by atoms with Crippen LogP contribution >= 0.6 is 0 Å². The van der Waals surface area contributed by atoms with Crippen molar-refractivity contribution in [2.24, 2.45) is 0 Å². The summed E-state index contributed by atoms with van der Waals surface area (Å²) in [7, 11) is 1.75. The molecule has 0 heterocycles. The van der Waals surface area contributed by atoms with Gasteiger partial charge in [-0.3, -0.25) is 0 Å². The molecule has 0 aliphatic heterocycles. The van der Waals surface area contributed by atoms with Crippen molar-refractivity contribution in [2.45, 2.75) is 82.9 Å². The number of hydrogen-bond donors (Lipinski definition) is 2. The van der Waals surface area contributed by atoms with Crippen LogP contribution in [0.3, 0.4) is 0 Å². The number of nitrogens with one attached hydrogen (secondary N) is 2. The van der Waals surface area contributed by atoms with Gasteiger partial charge in [-0.1, -0.05) is 0 Å². The van der Waals surface area contributed by atoms with E-state index in [-0.39, 0.29) is 24.3 Å². The van der Waals surface area contributed by atoms with Crippen molar-refractivity contribution in [2.75, 3.05) is 13.7 Å². The molecule has 0 aromatic rings. The SMILES string of the molecule is CCOC1CC(NC(=O)OC(C)(C)C)C1NC1CC(OC)C1. The smallest absolute Gasteiger partial charge is 0.407 e. The first-order chi connectivity index (χ1) is 10.3. The standard InChI is InChI=1S/C16H30N2O4/c1-6-21-13-9-12(18-15(19)22-16(2,3)4)14(13)17-10-7-11(8-10)20-5/h10-14,17H,6-9H2,1-5H3,(H,18,19). The monoisotopic (exact) mass is 314 g/mol. The van der Waals surface area contributed by atoms with E-state index in [0.29, 0.717) is 18.8 Å². The zero-order valence-corrected chi connectivity index (χ0v) is 14.3. The zero-order valence-electron chi connectivity index (χ0n) is 14.3. The third-order valence-corrected chi connectivity index (χ3v) is 4.26. The summed E-state index contributed by atoms with van der Waals surface area (Å²) in [5.74, 6) is 0. The van der Waals surface area contributed by atoms with Crippen molar-refractivity contribution in [3.05, 3.63) is 0 Å². The van der Waals surface area contributed by atoms with Gasteiger partial charge in [0.2, 0.25) is 0 Å². The molecule has 128 valence electrons. The van der Waals surface area contributed by atoms with E-state index in [2.05, 4.69) is 10.6 Å². The van der Waals surface area contributed by atoms with Gasteiger partial charge in [-0.2, -0.15) is 0 Å². The highest BCUT2D eigenvalue weighted by Crippen LogP contribution is 2.30. The summed E-state index contributed by atoms with van der Waals surface area (Å²) < 4.78 is 16.4. The second-order valence-electron chi connectivity index (χ2n) is 7.20. The number of rotatable bonds is 6. The molecule has 3 unspecified atom stereocenters. The number of methoxy groups -OCH3 is 1. The third kappa shape index (κ3) is 4.57. The Hall–Kier alpha value is -0.850. The minimum atomic E-state index is -0.476. The third-order valence-electron chi connectivity index (χ3n) is 4.26. The largest absolute Gasteiger partial charge is 0.444 e. The van der Waals surface area contributed by atoms with Crippen molar-refractivity contribution in [1.29, 1.82) is 0 Å². The Balaban J connectivity index is 1.81. The van der Waals surface area contributed by atoms with Crippen molar-refractivity contribution < 1.29 is 19.0 Å². The molecule has 6 heteroatoms. The second-order valence-corrected chi connectivity index (χ2v) is 7.20. The Morgan fingerprint density at radius 2 is 1.91 bits per heavy atom. The summed E-state index contributed by atoms with van der Waals surface area (Å²) in [4.78, 5) is 11.9. The fourth-order valence-corrected chi connectivity index (χ4v) is 2.99.